The van der Waals surface area contributed by atoms with Crippen LogP contribution in [0.3, 0.4) is 0 Å². The molecule has 10 heteroatoms. The number of hydrogen-bond donors (Lipinski definition) is 2. The van der Waals surface area contributed by atoms with Crippen LogP contribution >= 0.6 is 0 Å². The van der Waals surface area contributed by atoms with Crippen LogP contribution in [0.15, 0.2) is 15.6 Å². The predicted molar refractivity (Wildman–Crippen MR) is 103 cm³/mol. The van der Waals surface area contributed by atoms with Gasteiger partial charge in [-0.25, -0.2) is 18.5 Å². The molecule has 0 spiro atoms. The van der Waals surface area contributed by atoms with Crippen molar-refractivity contribution in [3.8, 4) is 0 Å². The smallest absolute Gasteiger partial charge is 0.305 e. The molecule has 0 radical (unpaired) electrons. The van der Waals surface area contributed by atoms with Crippen molar-refractivity contribution in [3.63, 3.8) is 0 Å². The molecule has 1 atom stereocenters. The minimum Gasteiger partial charge on any atom is -0.305 e. The largest absolute Gasteiger partial charge is 0.354 e. The molecule has 0 aliphatic heterocycles. The molecule has 1 unspecified atom stereocenters. The van der Waals surface area contributed by atoms with Gasteiger partial charge >= 0.3 is 6.03 Å². The van der Waals surface area contributed by atoms with Gasteiger partial charge in [0, 0.05) is 17.4 Å². The van der Waals surface area contributed by atoms with Crippen LogP contribution in [0.4, 0.5) is 14.9 Å². The first-order valence-corrected chi connectivity index (χ1v) is 11.0. The van der Waals surface area contributed by atoms with Crippen LogP contribution in [-0.4, -0.2) is 25.0 Å². The van der Waals surface area contributed by atoms with E-state index in [4.69, 9.17) is 10.1 Å². The highest BCUT2D eigenvalue weighted by Crippen LogP contribution is 2.36. The fourth-order valence-corrected chi connectivity index (χ4v) is 4.77. The van der Waals surface area contributed by atoms with Crippen LogP contribution in [0.1, 0.15) is 55.2 Å². The van der Waals surface area contributed by atoms with Gasteiger partial charge in [-0.2, -0.15) is 5.10 Å². The molecule has 28 heavy (non-hydrogen) atoms. The highest BCUT2D eigenvalue weighted by Gasteiger charge is 2.27. The number of fused-ring (bicyclic) bond motifs is 2. The molecule has 0 saturated carbocycles. The third-order valence-electron chi connectivity index (χ3n) is 5.16. The molecule has 3 N–H and O–H groups in total. The number of carbonyl (C=O) groups excluding carboxylic acids is 1. The number of pyridine rings is 1. The van der Waals surface area contributed by atoms with Gasteiger partial charge in [-0.1, -0.05) is 0 Å². The maximum Gasteiger partial charge on any atom is 0.354 e. The number of hydrogen-bond acceptors (Lipinski definition) is 4. The van der Waals surface area contributed by atoms with E-state index in [1.807, 2.05) is 0 Å². The lowest BCUT2D eigenvalue weighted by atomic mass is 10.1. The molecular formula is C18H23FN6O2S. The van der Waals surface area contributed by atoms with Crippen molar-refractivity contribution in [2.75, 3.05) is 5.32 Å². The van der Waals surface area contributed by atoms with Crippen molar-refractivity contribution >= 4 is 21.6 Å². The minimum atomic E-state index is -3.81. The average molecular weight is 406 g/mol. The number of nitrogens with zero attached hydrogens (tertiary/aromatic N) is 4. The van der Waals surface area contributed by atoms with E-state index in [0.717, 1.165) is 67.2 Å². The number of amides is 2. The molecule has 150 valence electrons. The zero-order valence-electron chi connectivity index (χ0n) is 15.9. The molecule has 2 aromatic rings. The lowest BCUT2D eigenvalue weighted by molar-refractivity contribution is 0.260. The molecule has 8 nitrogen and oxygen atoms in total. The van der Waals surface area contributed by atoms with Gasteiger partial charge in [-0.05, 0) is 63.5 Å². The van der Waals surface area contributed by atoms with E-state index in [-0.39, 0.29) is 6.04 Å². The number of carbonyl (C=O) groups is 1. The third kappa shape index (κ3) is 3.30. The SMILES string of the molecule is CC(C)n1cc(F)c(S(N)(=O)=NC(=O)Nc2c3c(nc4c2CCC4)CCC3)n1. The summed E-state index contributed by atoms with van der Waals surface area (Å²) in [6.07, 6.45) is 6.49. The first kappa shape index (κ1) is 19.0. The van der Waals surface area contributed by atoms with E-state index in [9.17, 15) is 13.4 Å². The third-order valence-corrected chi connectivity index (χ3v) is 6.43. The summed E-state index contributed by atoms with van der Waals surface area (Å²) in [4.78, 5) is 17.3. The van der Waals surface area contributed by atoms with Crippen molar-refractivity contribution in [1.82, 2.24) is 14.8 Å². The van der Waals surface area contributed by atoms with Crippen LogP contribution in [0.2, 0.25) is 0 Å². The van der Waals surface area contributed by atoms with Crippen molar-refractivity contribution in [2.45, 2.75) is 63.4 Å². The minimum absolute atomic E-state index is 0.144. The van der Waals surface area contributed by atoms with Gasteiger partial charge in [-0.15, -0.1) is 4.36 Å². The summed E-state index contributed by atoms with van der Waals surface area (Å²) in [5.41, 5.74) is 4.76. The lowest BCUT2D eigenvalue weighted by Gasteiger charge is -2.14. The van der Waals surface area contributed by atoms with Crippen molar-refractivity contribution in [3.05, 3.63) is 34.5 Å². The summed E-state index contributed by atoms with van der Waals surface area (Å²) >= 11 is 0. The number of nitrogens with two attached hydrogens (primary N) is 1. The van der Waals surface area contributed by atoms with E-state index < -0.39 is 26.8 Å². The van der Waals surface area contributed by atoms with E-state index in [2.05, 4.69) is 14.8 Å². The van der Waals surface area contributed by atoms with Crippen LogP contribution in [0, 0.1) is 5.82 Å². The maximum absolute atomic E-state index is 14.2. The Labute approximate surface area is 163 Å². The molecule has 2 aliphatic carbocycles. The zero-order valence-corrected chi connectivity index (χ0v) is 16.7. The van der Waals surface area contributed by atoms with Crippen LogP contribution in [0.25, 0.3) is 0 Å². The molecule has 4 rings (SSSR count). The second kappa shape index (κ2) is 6.93. The van der Waals surface area contributed by atoms with Gasteiger partial charge in [0.25, 0.3) is 0 Å². The highest BCUT2D eigenvalue weighted by atomic mass is 32.2. The van der Waals surface area contributed by atoms with Crippen LogP contribution in [-0.2, 0) is 35.6 Å². The monoisotopic (exact) mass is 406 g/mol. The number of aryl methyl sites for hydroxylation is 2. The number of rotatable bonds is 3. The Kier molecular flexibility index (Phi) is 4.70. The van der Waals surface area contributed by atoms with Gasteiger partial charge < -0.3 is 5.32 Å². The van der Waals surface area contributed by atoms with E-state index >= 15 is 0 Å². The van der Waals surface area contributed by atoms with Crippen molar-refractivity contribution < 1.29 is 13.4 Å². The standard InChI is InChI=1S/C18H23FN6O2S/c1-10(2)25-9-13(19)17(23-25)28(20,27)24-18(26)22-16-11-5-3-7-14(11)21-15-8-4-6-12(15)16/h9-10H,3-8H2,1-2H3,(H3,20,21,22,24,26,27). The fourth-order valence-electron chi connectivity index (χ4n) is 3.85. The number of nitrogens with one attached hydrogen (secondary N) is 1. The second-order valence-electron chi connectivity index (χ2n) is 7.49. The fraction of sp³-hybridized carbons (Fsp3) is 0.500. The summed E-state index contributed by atoms with van der Waals surface area (Å²) in [7, 11) is -3.81. The summed E-state index contributed by atoms with van der Waals surface area (Å²) in [5.74, 6) is -0.844. The second-order valence-corrected chi connectivity index (χ2v) is 9.20. The number of urea groups is 1. The molecular weight excluding hydrogens is 383 g/mol. The topological polar surface area (TPSA) is 115 Å². The molecule has 2 heterocycles. The first-order chi connectivity index (χ1) is 13.3. The Balaban J connectivity index is 1.68. The van der Waals surface area contributed by atoms with Gasteiger partial charge in [0.05, 0.1) is 11.9 Å². The normalized spacial score (nSPS) is 17.3. The van der Waals surface area contributed by atoms with E-state index in [1.165, 1.54) is 4.68 Å². The van der Waals surface area contributed by atoms with Crippen LogP contribution in [0.5, 0.6) is 0 Å². The Bertz CT molecular complexity index is 1050. The first-order valence-electron chi connectivity index (χ1n) is 9.40. The van der Waals surface area contributed by atoms with E-state index in [1.54, 1.807) is 13.8 Å². The zero-order chi connectivity index (χ0) is 20.1. The molecule has 2 aliphatic rings. The molecule has 0 fully saturated rings. The van der Waals surface area contributed by atoms with Crippen molar-refractivity contribution in [2.24, 2.45) is 9.50 Å². The summed E-state index contributed by atoms with van der Waals surface area (Å²) in [6, 6.07) is -1.00. The molecule has 2 aromatic heterocycles. The van der Waals surface area contributed by atoms with Gasteiger partial charge in [0.1, 0.15) is 0 Å². The molecule has 0 saturated heterocycles. The maximum atomic E-state index is 14.2. The van der Waals surface area contributed by atoms with Crippen molar-refractivity contribution in [1.29, 1.82) is 0 Å². The van der Waals surface area contributed by atoms with Gasteiger partial charge in [0.2, 0.25) is 5.03 Å². The number of aromatic nitrogens is 3. The predicted octanol–water partition coefficient (Wildman–Crippen LogP) is 2.91. The molecule has 0 bridgehead atoms. The van der Waals surface area contributed by atoms with E-state index in [0.29, 0.717) is 5.69 Å². The summed E-state index contributed by atoms with van der Waals surface area (Å²) in [6.45, 7) is 3.59. The lowest BCUT2D eigenvalue weighted by Crippen LogP contribution is -2.20. The molecule has 2 amide bonds. The Hall–Kier alpha value is -2.33. The Morgan fingerprint density at radius 1 is 1.25 bits per heavy atom. The summed E-state index contributed by atoms with van der Waals surface area (Å²) in [5, 5.41) is 11.9. The average Bonchev–Trinajstić information content (AvgIpc) is 3.32. The summed E-state index contributed by atoms with van der Waals surface area (Å²) < 4.78 is 31.8. The van der Waals surface area contributed by atoms with Gasteiger partial charge in [0.15, 0.2) is 15.7 Å². The quantitative estimate of drug-likeness (QED) is 0.815. The number of anilines is 1. The van der Waals surface area contributed by atoms with Gasteiger partial charge in [-0.3, -0.25) is 9.67 Å². The Morgan fingerprint density at radius 2 is 1.86 bits per heavy atom. The number of halogens is 1. The molecule has 0 aromatic carbocycles. The van der Waals surface area contributed by atoms with Crippen LogP contribution < -0.4 is 10.5 Å². The Morgan fingerprint density at radius 3 is 2.39 bits per heavy atom. The highest BCUT2D eigenvalue weighted by molar-refractivity contribution is 7.91.